The van der Waals surface area contributed by atoms with E-state index < -0.39 is 0 Å². The number of hydrogen-bond donors (Lipinski definition) is 1. The summed E-state index contributed by atoms with van der Waals surface area (Å²) in [5.41, 5.74) is 0. The Kier molecular flexibility index (Phi) is 5.56. The minimum Gasteiger partial charge on any atom is -0.392 e. The monoisotopic (exact) mass is 136 g/mol. The summed E-state index contributed by atoms with van der Waals surface area (Å²) >= 11 is 5.34. The Morgan fingerprint density at radius 2 is 2.25 bits per heavy atom. The summed E-state index contributed by atoms with van der Waals surface area (Å²) in [5.74, 6) is 0.375. The normalized spacial score (nSPS) is 13.9. The van der Waals surface area contributed by atoms with Gasteiger partial charge in [0, 0.05) is 5.88 Å². The molecule has 0 aromatic heterocycles. The fourth-order valence-corrected chi connectivity index (χ4v) is 0.671. The van der Waals surface area contributed by atoms with Crippen molar-refractivity contribution in [1.29, 1.82) is 0 Å². The number of rotatable bonds is 4. The van der Waals surface area contributed by atoms with Crippen molar-refractivity contribution in [3.63, 3.8) is 0 Å². The summed E-state index contributed by atoms with van der Waals surface area (Å²) in [7, 11) is 0. The molecule has 0 saturated carbocycles. The van der Waals surface area contributed by atoms with Crippen molar-refractivity contribution in [2.45, 2.75) is 32.3 Å². The van der Waals surface area contributed by atoms with Crippen LogP contribution in [0.25, 0.3) is 0 Å². The van der Waals surface area contributed by atoms with E-state index in [0.717, 1.165) is 19.3 Å². The van der Waals surface area contributed by atoms with Gasteiger partial charge in [-0.25, -0.2) is 0 Å². The summed E-state index contributed by atoms with van der Waals surface area (Å²) in [6.45, 7) is 2.10. The third-order valence-corrected chi connectivity index (χ3v) is 1.43. The molecule has 0 aliphatic carbocycles. The van der Waals surface area contributed by atoms with Gasteiger partial charge in [-0.05, 0) is 6.42 Å². The fourth-order valence-electron chi connectivity index (χ4n) is 0.517. The van der Waals surface area contributed by atoms with E-state index in [4.69, 9.17) is 16.7 Å². The molecule has 1 N–H and O–H groups in total. The van der Waals surface area contributed by atoms with Gasteiger partial charge in [0.2, 0.25) is 0 Å². The van der Waals surface area contributed by atoms with Crippen LogP contribution in [0.1, 0.15) is 26.2 Å². The van der Waals surface area contributed by atoms with Crippen LogP contribution in [0.15, 0.2) is 0 Å². The van der Waals surface area contributed by atoms with Crippen molar-refractivity contribution in [3.05, 3.63) is 0 Å². The van der Waals surface area contributed by atoms with E-state index in [-0.39, 0.29) is 6.10 Å². The molecule has 0 rings (SSSR count). The van der Waals surface area contributed by atoms with Gasteiger partial charge in [0.25, 0.3) is 0 Å². The standard InChI is InChI=1S/C6H13ClO/c1-2-3-4-6(8)5-7/h6,8H,2-5H2,1H3. The van der Waals surface area contributed by atoms with Gasteiger partial charge in [0.15, 0.2) is 0 Å². The van der Waals surface area contributed by atoms with E-state index >= 15 is 0 Å². The summed E-state index contributed by atoms with van der Waals surface area (Å²) in [5, 5.41) is 8.86. The van der Waals surface area contributed by atoms with Crippen LogP contribution in [0, 0.1) is 0 Å². The number of aliphatic hydroxyl groups excluding tert-OH is 1. The summed E-state index contributed by atoms with van der Waals surface area (Å²) in [4.78, 5) is 0. The Hall–Kier alpha value is 0.250. The van der Waals surface area contributed by atoms with Crippen LogP contribution in [0.2, 0.25) is 0 Å². The van der Waals surface area contributed by atoms with Gasteiger partial charge in [-0.1, -0.05) is 19.8 Å². The van der Waals surface area contributed by atoms with Gasteiger partial charge in [-0.3, -0.25) is 0 Å². The van der Waals surface area contributed by atoms with Crippen molar-refractivity contribution < 1.29 is 5.11 Å². The molecular weight excluding hydrogens is 124 g/mol. The molecule has 1 nitrogen and oxygen atoms in total. The number of aliphatic hydroxyl groups is 1. The molecule has 8 heavy (non-hydrogen) atoms. The predicted molar refractivity (Wildman–Crippen MR) is 36.3 cm³/mol. The average Bonchev–Trinajstić information content (AvgIpc) is 1.83. The lowest BCUT2D eigenvalue weighted by Crippen LogP contribution is -2.06. The highest BCUT2D eigenvalue weighted by Crippen LogP contribution is 2.00. The molecule has 0 fully saturated rings. The molecule has 1 atom stereocenters. The van der Waals surface area contributed by atoms with Crippen LogP contribution in [-0.4, -0.2) is 17.1 Å². The lowest BCUT2D eigenvalue weighted by molar-refractivity contribution is 0.184. The molecule has 0 radical (unpaired) electrons. The van der Waals surface area contributed by atoms with E-state index in [1.54, 1.807) is 0 Å². The van der Waals surface area contributed by atoms with Crippen LogP contribution in [0.3, 0.4) is 0 Å². The highest BCUT2D eigenvalue weighted by atomic mass is 35.5. The lowest BCUT2D eigenvalue weighted by Gasteiger charge is -2.02. The zero-order valence-electron chi connectivity index (χ0n) is 5.23. The molecule has 0 aliphatic heterocycles. The lowest BCUT2D eigenvalue weighted by atomic mass is 10.2. The molecule has 1 unspecified atom stereocenters. The van der Waals surface area contributed by atoms with Crippen molar-refractivity contribution in [1.82, 2.24) is 0 Å². The number of halogens is 1. The molecule has 0 amide bonds. The van der Waals surface area contributed by atoms with E-state index in [2.05, 4.69) is 6.92 Å². The largest absolute Gasteiger partial charge is 0.392 e. The minimum absolute atomic E-state index is 0.281. The maximum atomic E-state index is 8.86. The highest BCUT2D eigenvalue weighted by Gasteiger charge is 1.97. The highest BCUT2D eigenvalue weighted by molar-refractivity contribution is 6.18. The maximum absolute atomic E-state index is 8.86. The SMILES string of the molecule is CCCCC(O)CCl. The molecule has 0 aromatic rings. The molecule has 0 spiro atoms. The summed E-state index contributed by atoms with van der Waals surface area (Å²) < 4.78 is 0. The summed E-state index contributed by atoms with van der Waals surface area (Å²) in [6.07, 6.45) is 2.78. The van der Waals surface area contributed by atoms with Crippen LogP contribution in [0.5, 0.6) is 0 Å². The number of unbranched alkanes of at least 4 members (excludes halogenated alkanes) is 1. The average molecular weight is 137 g/mol. The molecular formula is C6H13ClO. The first-order valence-corrected chi connectivity index (χ1v) is 3.58. The first kappa shape index (κ1) is 8.25. The number of hydrogen-bond acceptors (Lipinski definition) is 1. The Morgan fingerprint density at radius 1 is 1.62 bits per heavy atom. The molecule has 0 aromatic carbocycles. The second kappa shape index (κ2) is 5.39. The fraction of sp³-hybridized carbons (Fsp3) is 1.00. The Labute approximate surface area is 55.7 Å². The van der Waals surface area contributed by atoms with Crippen molar-refractivity contribution in [3.8, 4) is 0 Å². The van der Waals surface area contributed by atoms with Gasteiger partial charge in [-0.2, -0.15) is 0 Å². The van der Waals surface area contributed by atoms with Gasteiger partial charge in [0.1, 0.15) is 0 Å². The molecule has 0 saturated heterocycles. The zero-order chi connectivity index (χ0) is 6.41. The van der Waals surface area contributed by atoms with Crippen LogP contribution < -0.4 is 0 Å². The van der Waals surface area contributed by atoms with E-state index in [9.17, 15) is 0 Å². The molecule has 0 heterocycles. The van der Waals surface area contributed by atoms with E-state index in [0.29, 0.717) is 5.88 Å². The van der Waals surface area contributed by atoms with Gasteiger partial charge in [0.05, 0.1) is 6.10 Å². The maximum Gasteiger partial charge on any atom is 0.0675 e. The third kappa shape index (κ3) is 4.41. The van der Waals surface area contributed by atoms with Crippen LogP contribution in [0.4, 0.5) is 0 Å². The zero-order valence-corrected chi connectivity index (χ0v) is 5.99. The molecule has 0 aliphatic rings. The van der Waals surface area contributed by atoms with Gasteiger partial charge >= 0.3 is 0 Å². The van der Waals surface area contributed by atoms with Crippen molar-refractivity contribution in [2.24, 2.45) is 0 Å². The Morgan fingerprint density at radius 3 is 2.62 bits per heavy atom. The van der Waals surface area contributed by atoms with Gasteiger partial charge in [-0.15, -0.1) is 11.6 Å². The third-order valence-electron chi connectivity index (χ3n) is 1.07. The predicted octanol–water partition coefficient (Wildman–Crippen LogP) is 1.78. The van der Waals surface area contributed by atoms with Gasteiger partial charge < -0.3 is 5.11 Å². The second-order valence-corrected chi connectivity index (χ2v) is 2.26. The first-order chi connectivity index (χ1) is 3.81. The van der Waals surface area contributed by atoms with Crippen LogP contribution in [-0.2, 0) is 0 Å². The quantitative estimate of drug-likeness (QED) is 0.585. The molecule has 2 heteroatoms. The van der Waals surface area contributed by atoms with Crippen molar-refractivity contribution in [2.75, 3.05) is 5.88 Å². The molecule has 50 valence electrons. The topological polar surface area (TPSA) is 20.2 Å². The van der Waals surface area contributed by atoms with E-state index in [1.807, 2.05) is 0 Å². The minimum atomic E-state index is -0.281. The Bertz CT molecular complexity index is 47.8. The second-order valence-electron chi connectivity index (χ2n) is 1.95. The van der Waals surface area contributed by atoms with Crippen molar-refractivity contribution >= 4 is 11.6 Å². The smallest absolute Gasteiger partial charge is 0.0675 e. The molecule has 0 bridgehead atoms. The summed E-state index contributed by atoms with van der Waals surface area (Å²) in [6, 6.07) is 0. The van der Waals surface area contributed by atoms with Crippen LogP contribution >= 0.6 is 11.6 Å². The Balaban J connectivity index is 2.86. The first-order valence-electron chi connectivity index (χ1n) is 3.05. The number of alkyl halides is 1. The van der Waals surface area contributed by atoms with E-state index in [1.165, 1.54) is 0 Å².